The Labute approximate surface area is 143 Å². The van der Waals surface area contributed by atoms with Crippen molar-refractivity contribution in [3.05, 3.63) is 66.0 Å². The third kappa shape index (κ3) is 2.86. The lowest BCUT2D eigenvalue weighted by Gasteiger charge is -2.25. The molecule has 4 rings (SSSR count). The van der Waals surface area contributed by atoms with Crippen molar-refractivity contribution in [2.24, 2.45) is 0 Å². The summed E-state index contributed by atoms with van der Waals surface area (Å²) in [6, 6.07) is 19.1. The lowest BCUT2D eigenvalue weighted by molar-refractivity contribution is -0.125. The number of nitrogens with one attached hydrogen (secondary N) is 1. The zero-order valence-electron chi connectivity index (χ0n) is 12.8. The van der Waals surface area contributed by atoms with Crippen LogP contribution in [0.5, 0.6) is 11.5 Å². The Balaban J connectivity index is 1.54. The molecule has 1 N–H and O–H groups in total. The maximum absolute atomic E-state index is 12.6. The molecular formula is C19H15NO3S. The molecule has 5 heteroatoms. The molecule has 1 atom stereocenters. The third-order valence-corrected chi connectivity index (χ3v) is 4.68. The summed E-state index contributed by atoms with van der Waals surface area (Å²) in [7, 11) is 0. The van der Waals surface area contributed by atoms with E-state index in [1.54, 1.807) is 17.4 Å². The predicted octanol–water partition coefficient (Wildman–Crippen LogP) is 4.19. The number of fused-ring (bicyclic) bond motifs is 1. The summed E-state index contributed by atoms with van der Waals surface area (Å²) < 4.78 is 11.4. The molecule has 0 fully saturated rings. The van der Waals surface area contributed by atoms with E-state index in [9.17, 15) is 4.79 Å². The van der Waals surface area contributed by atoms with Gasteiger partial charge in [0.05, 0.1) is 0 Å². The third-order valence-electron chi connectivity index (χ3n) is 3.77. The number of carbonyl (C=O) groups is 1. The molecule has 0 saturated carbocycles. The van der Waals surface area contributed by atoms with Crippen molar-refractivity contribution in [2.45, 2.75) is 6.10 Å². The summed E-state index contributed by atoms with van der Waals surface area (Å²) in [5, 5.41) is 4.98. The van der Waals surface area contributed by atoms with Crippen LogP contribution in [-0.2, 0) is 4.79 Å². The normalized spacial score (nSPS) is 15.8. The topological polar surface area (TPSA) is 47.6 Å². The molecule has 0 aliphatic carbocycles. The molecule has 24 heavy (non-hydrogen) atoms. The molecule has 1 aliphatic heterocycles. The average Bonchev–Trinajstić information content (AvgIpc) is 3.16. The molecule has 0 spiro atoms. The fraction of sp³-hybridized carbons (Fsp3) is 0.105. The first-order valence-corrected chi connectivity index (χ1v) is 8.51. The van der Waals surface area contributed by atoms with Gasteiger partial charge < -0.3 is 14.8 Å². The summed E-state index contributed by atoms with van der Waals surface area (Å²) in [5.74, 6) is 1.05. The highest BCUT2D eigenvalue weighted by Gasteiger charge is 2.27. The van der Waals surface area contributed by atoms with Gasteiger partial charge >= 0.3 is 0 Å². The first-order valence-electron chi connectivity index (χ1n) is 7.63. The Morgan fingerprint density at radius 1 is 1.00 bits per heavy atom. The molecule has 2 heterocycles. The predicted molar refractivity (Wildman–Crippen MR) is 94.7 cm³/mol. The van der Waals surface area contributed by atoms with Crippen molar-refractivity contribution in [1.82, 2.24) is 0 Å². The minimum atomic E-state index is -0.670. The van der Waals surface area contributed by atoms with E-state index < -0.39 is 6.10 Å². The van der Waals surface area contributed by atoms with Crippen molar-refractivity contribution >= 4 is 22.9 Å². The number of hydrogen-bond donors (Lipinski definition) is 1. The molecule has 0 radical (unpaired) electrons. The van der Waals surface area contributed by atoms with E-state index in [1.807, 2.05) is 60.0 Å². The van der Waals surface area contributed by atoms with Gasteiger partial charge in [-0.25, -0.2) is 0 Å². The van der Waals surface area contributed by atoms with Crippen molar-refractivity contribution in [2.75, 3.05) is 11.9 Å². The summed E-state index contributed by atoms with van der Waals surface area (Å²) in [5.41, 5.74) is 1.77. The quantitative estimate of drug-likeness (QED) is 0.779. The molecule has 2 aromatic carbocycles. The highest BCUT2D eigenvalue weighted by Crippen LogP contribution is 2.33. The Hall–Kier alpha value is -2.79. The number of amides is 1. The number of hydrogen-bond acceptors (Lipinski definition) is 4. The summed E-state index contributed by atoms with van der Waals surface area (Å²) >= 11 is 1.64. The lowest BCUT2D eigenvalue weighted by atomic mass is 10.1. The second-order valence-corrected chi connectivity index (χ2v) is 6.32. The van der Waals surface area contributed by atoms with Gasteiger partial charge in [-0.15, -0.1) is 11.3 Å². The molecule has 0 unspecified atom stereocenters. The van der Waals surface area contributed by atoms with E-state index in [0.717, 1.165) is 16.1 Å². The number of anilines is 1. The highest BCUT2D eigenvalue weighted by atomic mass is 32.1. The van der Waals surface area contributed by atoms with E-state index in [4.69, 9.17) is 9.47 Å². The van der Waals surface area contributed by atoms with Crippen LogP contribution in [0.3, 0.4) is 0 Å². The Morgan fingerprint density at radius 2 is 1.79 bits per heavy atom. The van der Waals surface area contributed by atoms with Crippen LogP contribution in [0.4, 0.5) is 5.69 Å². The summed E-state index contributed by atoms with van der Waals surface area (Å²) in [4.78, 5) is 13.7. The average molecular weight is 337 g/mol. The molecule has 4 nitrogen and oxygen atoms in total. The van der Waals surface area contributed by atoms with Gasteiger partial charge in [0.1, 0.15) is 6.61 Å². The van der Waals surface area contributed by atoms with Crippen LogP contribution in [-0.4, -0.2) is 18.6 Å². The van der Waals surface area contributed by atoms with Crippen LogP contribution < -0.4 is 14.8 Å². The van der Waals surface area contributed by atoms with Crippen LogP contribution in [0.2, 0.25) is 0 Å². The number of thiophene rings is 1. The first-order chi connectivity index (χ1) is 11.8. The van der Waals surface area contributed by atoms with Gasteiger partial charge in [-0.2, -0.15) is 0 Å². The van der Waals surface area contributed by atoms with Gasteiger partial charge in [0, 0.05) is 16.1 Å². The second-order valence-electron chi connectivity index (χ2n) is 5.38. The fourth-order valence-corrected chi connectivity index (χ4v) is 3.37. The van der Waals surface area contributed by atoms with E-state index in [-0.39, 0.29) is 12.5 Å². The van der Waals surface area contributed by atoms with Gasteiger partial charge in [0.2, 0.25) is 6.10 Å². The maximum atomic E-state index is 12.6. The molecule has 120 valence electrons. The number of ether oxygens (including phenoxy) is 2. The Kier molecular flexibility index (Phi) is 3.92. The van der Waals surface area contributed by atoms with Crippen molar-refractivity contribution in [3.8, 4) is 21.9 Å². The zero-order chi connectivity index (χ0) is 16.4. The molecule has 1 aromatic heterocycles. The van der Waals surface area contributed by atoms with Crippen LogP contribution in [0.15, 0.2) is 66.0 Å². The van der Waals surface area contributed by atoms with E-state index in [1.165, 1.54) is 0 Å². The molecule has 0 saturated heterocycles. The lowest BCUT2D eigenvalue weighted by Crippen LogP contribution is -2.40. The maximum Gasteiger partial charge on any atom is 0.269 e. The summed E-state index contributed by atoms with van der Waals surface area (Å²) in [6.45, 7) is 0.198. The van der Waals surface area contributed by atoms with Crippen LogP contribution >= 0.6 is 11.3 Å². The minimum absolute atomic E-state index is 0.198. The number of benzene rings is 2. The van der Waals surface area contributed by atoms with Gasteiger partial charge in [0.15, 0.2) is 11.5 Å². The Morgan fingerprint density at radius 3 is 2.62 bits per heavy atom. The monoisotopic (exact) mass is 337 g/mol. The van der Waals surface area contributed by atoms with Gasteiger partial charge in [0.25, 0.3) is 5.91 Å². The second kappa shape index (κ2) is 6.37. The minimum Gasteiger partial charge on any atom is -0.485 e. The largest absolute Gasteiger partial charge is 0.485 e. The zero-order valence-corrected chi connectivity index (χ0v) is 13.6. The molecule has 3 aromatic rings. The van der Waals surface area contributed by atoms with Gasteiger partial charge in [-0.1, -0.05) is 36.4 Å². The van der Waals surface area contributed by atoms with E-state index in [0.29, 0.717) is 11.5 Å². The van der Waals surface area contributed by atoms with Crippen molar-refractivity contribution in [1.29, 1.82) is 0 Å². The van der Waals surface area contributed by atoms with Gasteiger partial charge in [-0.05, 0) is 29.6 Å². The van der Waals surface area contributed by atoms with E-state index >= 15 is 0 Å². The van der Waals surface area contributed by atoms with Crippen LogP contribution in [0.1, 0.15) is 0 Å². The van der Waals surface area contributed by atoms with Crippen molar-refractivity contribution in [3.63, 3.8) is 0 Å². The molecular weight excluding hydrogens is 322 g/mol. The molecule has 1 aliphatic rings. The summed E-state index contributed by atoms with van der Waals surface area (Å²) in [6.07, 6.45) is -0.670. The highest BCUT2D eigenvalue weighted by molar-refractivity contribution is 7.13. The molecule has 1 amide bonds. The number of para-hydroxylation sites is 3. The SMILES string of the molecule is O=C(Nc1ccccc1-c1cccs1)[C@@H]1COc2ccccc2O1. The van der Waals surface area contributed by atoms with Gasteiger partial charge in [-0.3, -0.25) is 4.79 Å². The first kappa shape index (κ1) is 14.8. The smallest absolute Gasteiger partial charge is 0.269 e. The van der Waals surface area contributed by atoms with Crippen LogP contribution in [0, 0.1) is 0 Å². The van der Waals surface area contributed by atoms with Crippen molar-refractivity contribution < 1.29 is 14.3 Å². The number of carbonyl (C=O) groups excluding carboxylic acids is 1. The Bertz CT molecular complexity index is 861. The number of rotatable bonds is 3. The van der Waals surface area contributed by atoms with Crippen LogP contribution in [0.25, 0.3) is 10.4 Å². The fourth-order valence-electron chi connectivity index (χ4n) is 2.60. The standard InChI is InChI=1S/C19H15NO3S/c21-19(17-12-22-15-8-3-4-9-16(15)23-17)20-14-7-2-1-6-13(14)18-10-5-11-24-18/h1-11,17H,12H2,(H,20,21)/t17-/m0/s1. The van der Waals surface area contributed by atoms with E-state index in [2.05, 4.69) is 5.32 Å². The molecule has 0 bridgehead atoms.